The van der Waals surface area contributed by atoms with Crippen LogP contribution in [0.5, 0.6) is 5.75 Å². The zero-order valence-electron chi connectivity index (χ0n) is 9.73. The van der Waals surface area contributed by atoms with Crippen LogP contribution in [0.2, 0.25) is 0 Å². The number of aromatic nitrogens is 1. The van der Waals surface area contributed by atoms with E-state index in [1.165, 1.54) is 6.92 Å². The minimum Gasteiger partial charge on any atom is -0.461 e. The Morgan fingerprint density at radius 2 is 2.10 bits per heavy atom. The highest BCUT2D eigenvalue weighted by atomic mass is 19.4. The lowest BCUT2D eigenvalue weighted by molar-refractivity contribution is -0.391. The summed E-state index contributed by atoms with van der Waals surface area (Å²) in [6.45, 7) is 1.25. The normalized spacial score (nSPS) is 11.1. The minimum atomic E-state index is -5.30. The first-order valence-electron chi connectivity index (χ1n) is 4.93. The predicted octanol–water partition coefficient (Wildman–Crippen LogP) is 2.20. The van der Waals surface area contributed by atoms with Crippen LogP contribution in [-0.2, 0) is 4.74 Å². The second-order valence-electron chi connectivity index (χ2n) is 3.17. The van der Waals surface area contributed by atoms with E-state index in [9.17, 15) is 32.5 Å². The molecule has 0 atom stereocenters. The number of pyridine rings is 1. The van der Waals surface area contributed by atoms with Gasteiger partial charge in [0.25, 0.3) is 5.95 Å². The number of halogens is 4. The number of esters is 1. The molecule has 0 aromatic carbocycles. The van der Waals surface area contributed by atoms with Gasteiger partial charge in [-0.25, -0.2) is 9.78 Å². The third-order valence-corrected chi connectivity index (χ3v) is 1.81. The number of hydrogen-bond acceptors (Lipinski definition) is 6. The molecule has 0 radical (unpaired) electrons. The summed E-state index contributed by atoms with van der Waals surface area (Å²) < 4.78 is 57.3. The fraction of sp³-hybridized carbons (Fsp3) is 0.333. The van der Waals surface area contributed by atoms with Crippen molar-refractivity contribution in [1.29, 1.82) is 0 Å². The maximum Gasteiger partial charge on any atom is 0.573 e. The molecule has 20 heavy (non-hydrogen) atoms. The molecule has 1 heterocycles. The van der Waals surface area contributed by atoms with Crippen LogP contribution >= 0.6 is 0 Å². The molecule has 110 valence electrons. The fourth-order valence-electron chi connectivity index (χ4n) is 1.16. The molecule has 11 heteroatoms. The van der Waals surface area contributed by atoms with Crippen LogP contribution < -0.4 is 4.74 Å². The molecule has 0 spiro atoms. The van der Waals surface area contributed by atoms with Gasteiger partial charge in [0.2, 0.25) is 5.75 Å². The second-order valence-corrected chi connectivity index (χ2v) is 3.17. The quantitative estimate of drug-likeness (QED) is 0.278. The van der Waals surface area contributed by atoms with Crippen molar-refractivity contribution < 1.29 is 36.8 Å². The van der Waals surface area contributed by atoms with Crippen LogP contribution in [-0.4, -0.2) is 28.8 Å². The smallest absolute Gasteiger partial charge is 0.461 e. The fourth-order valence-corrected chi connectivity index (χ4v) is 1.16. The van der Waals surface area contributed by atoms with Crippen molar-refractivity contribution in [2.45, 2.75) is 13.3 Å². The number of carbonyl (C=O) groups is 1. The van der Waals surface area contributed by atoms with Gasteiger partial charge in [-0.05, 0) is 6.92 Å². The Morgan fingerprint density at radius 1 is 1.50 bits per heavy atom. The summed E-state index contributed by atoms with van der Waals surface area (Å²) >= 11 is 0. The molecule has 1 aromatic heterocycles. The first-order valence-corrected chi connectivity index (χ1v) is 4.93. The number of nitrogens with zero attached hydrogens (tertiary/aromatic N) is 2. The zero-order chi connectivity index (χ0) is 15.5. The Hall–Kier alpha value is -2.46. The van der Waals surface area contributed by atoms with E-state index in [2.05, 4.69) is 14.5 Å². The molecule has 0 amide bonds. The van der Waals surface area contributed by atoms with Crippen molar-refractivity contribution in [3.05, 3.63) is 27.8 Å². The van der Waals surface area contributed by atoms with Gasteiger partial charge < -0.3 is 9.47 Å². The van der Waals surface area contributed by atoms with Crippen molar-refractivity contribution in [2.75, 3.05) is 6.61 Å². The van der Waals surface area contributed by atoms with Gasteiger partial charge in [-0.2, -0.15) is 4.39 Å². The van der Waals surface area contributed by atoms with Crippen LogP contribution in [0.4, 0.5) is 23.2 Å². The van der Waals surface area contributed by atoms with Gasteiger partial charge >= 0.3 is 18.0 Å². The molecule has 0 aliphatic rings. The van der Waals surface area contributed by atoms with Crippen LogP contribution in [0.15, 0.2) is 6.07 Å². The first kappa shape index (κ1) is 15.6. The van der Waals surface area contributed by atoms with E-state index in [0.29, 0.717) is 0 Å². The summed E-state index contributed by atoms with van der Waals surface area (Å²) in [5.41, 5.74) is -2.51. The van der Waals surface area contributed by atoms with E-state index in [1.54, 1.807) is 0 Å². The van der Waals surface area contributed by atoms with Gasteiger partial charge in [-0.3, -0.25) is 10.1 Å². The van der Waals surface area contributed by atoms with Crippen LogP contribution in [0, 0.1) is 16.1 Å². The third-order valence-electron chi connectivity index (χ3n) is 1.81. The number of hydrogen-bond donors (Lipinski definition) is 0. The number of ether oxygens (including phenoxy) is 2. The van der Waals surface area contributed by atoms with Crippen LogP contribution in [0.1, 0.15) is 17.4 Å². The molecule has 1 aromatic rings. The Balaban J connectivity index is 3.35. The Kier molecular flexibility index (Phi) is 4.42. The second kappa shape index (κ2) is 5.67. The summed E-state index contributed by atoms with van der Waals surface area (Å²) in [5, 5.41) is 10.5. The molecular weight excluding hydrogens is 292 g/mol. The highest BCUT2D eigenvalue weighted by Gasteiger charge is 2.37. The lowest BCUT2D eigenvalue weighted by Crippen LogP contribution is -2.19. The summed E-state index contributed by atoms with van der Waals surface area (Å²) in [6, 6.07) is 0.284. The SMILES string of the molecule is CCOC(=O)c1cc(OC(F)(F)F)c([N+](=O)[O-])c(F)n1. The highest BCUT2D eigenvalue weighted by Crippen LogP contribution is 2.34. The monoisotopic (exact) mass is 298 g/mol. The average Bonchev–Trinajstić information content (AvgIpc) is 2.25. The van der Waals surface area contributed by atoms with E-state index < -0.39 is 40.3 Å². The topological polar surface area (TPSA) is 91.6 Å². The Morgan fingerprint density at radius 3 is 2.55 bits per heavy atom. The summed E-state index contributed by atoms with van der Waals surface area (Å²) in [7, 11) is 0. The predicted molar refractivity (Wildman–Crippen MR) is 53.5 cm³/mol. The Labute approximate surface area is 108 Å². The third kappa shape index (κ3) is 3.76. The van der Waals surface area contributed by atoms with Crippen molar-refractivity contribution in [3.8, 4) is 5.75 Å². The average molecular weight is 298 g/mol. The van der Waals surface area contributed by atoms with Gasteiger partial charge in [0, 0.05) is 6.07 Å². The highest BCUT2D eigenvalue weighted by molar-refractivity contribution is 5.88. The molecule has 0 saturated carbocycles. The molecule has 7 nitrogen and oxygen atoms in total. The van der Waals surface area contributed by atoms with Crippen molar-refractivity contribution >= 4 is 11.7 Å². The largest absolute Gasteiger partial charge is 0.573 e. The molecule has 0 aliphatic carbocycles. The van der Waals surface area contributed by atoms with E-state index in [4.69, 9.17) is 0 Å². The Bertz CT molecular complexity index is 546. The molecule has 0 unspecified atom stereocenters. The van der Waals surface area contributed by atoms with Gasteiger partial charge in [-0.15, -0.1) is 13.2 Å². The maximum absolute atomic E-state index is 13.3. The van der Waals surface area contributed by atoms with E-state index >= 15 is 0 Å². The molecule has 0 bridgehead atoms. The standard InChI is InChI=1S/C9H6F4N2O5/c1-2-19-8(16)4-3-5(20-9(11,12)13)6(15(17)18)7(10)14-4/h3H,2H2,1H3. The maximum atomic E-state index is 13.3. The summed E-state index contributed by atoms with van der Waals surface area (Å²) in [4.78, 5) is 23.2. The van der Waals surface area contributed by atoms with Gasteiger partial charge in [0.05, 0.1) is 11.5 Å². The van der Waals surface area contributed by atoms with E-state index in [1.807, 2.05) is 0 Å². The van der Waals surface area contributed by atoms with Crippen molar-refractivity contribution in [2.24, 2.45) is 0 Å². The molecule has 0 fully saturated rings. The molecule has 1 rings (SSSR count). The molecule has 0 N–H and O–H groups in total. The lowest BCUT2D eigenvalue weighted by atomic mass is 10.3. The van der Waals surface area contributed by atoms with Crippen LogP contribution in [0.3, 0.4) is 0 Å². The number of carbonyl (C=O) groups excluding carboxylic acids is 1. The van der Waals surface area contributed by atoms with Gasteiger partial charge in [0.1, 0.15) is 0 Å². The van der Waals surface area contributed by atoms with E-state index in [-0.39, 0.29) is 12.7 Å². The van der Waals surface area contributed by atoms with Gasteiger partial charge in [0.15, 0.2) is 5.69 Å². The number of nitro groups is 1. The molecular formula is C9H6F4N2O5. The van der Waals surface area contributed by atoms with Crippen molar-refractivity contribution in [1.82, 2.24) is 4.98 Å². The zero-order valence-corrected chi connectivity index (χ0v) is 9.73. The first-order chi connectivity index (χ1) is 9.15. The number of rotatable bonds is 4. The summed E-state index contributed by atoms with van der Waals surface area (Å²) in [5.74, 6) is -4.62. The molecule has 0 aliphatic heterocycles. The lowest BCUT2D eigenvalue weighted by Gasteiger charge is -2.10. The minimum absolute atomic E-state index is 0.144. The van der Waals surface area contributed by atoms with Gasteiger partial charge in [-0.1, -0.05) is 0 Å². The van der Waals surface area contributed by atoms with Crippen LogP contribution in [0.25, 0.3) is 0 Å². The molecule has 0 saturated heterocycles. The number of alkyl halides is 3. The van der Waals surface area contributed by atoms with Crippen molar-refractivity contribution in [3.63, 3.8) is 0 Å². The summed E-state index contributed by atoms with van der Waals surface area (Å²) in [6.07, 6.45) is -5.30. The van der Waals surface area contributed by atoms with E-state index in [0.717, 1.165) is 0 Å².